The first kappa shape index (κ1) is 22.5. The van der Waals surface area contributed by atoms with Crippen LogP contribution in [0.3, 0.4) is 0 Å². The van der Waals surface area contributed by atoms with Crippen LogP contribution in [0.1, 0.15) is 41.9 Å². The summed E-state index contributed by atoms with van der Waals surface area (Å²) >= 11 is 0. The van der Waals surface area contributed by atoms with Gasteiger partial charge < -0.3 is 19.3 Å². The van der Waals surface area contributed by atoms with Crippen LogP contribution < -0.4 is 14.4 Å². The molecule has 4 heterocycles. The fourth-order valence-electron chi connectivity index (χ4n) is 4.71. The molecule has 5 rings (SSSR count). The van der Waals surface area contributed by atoms with Crippen molar-refractivity contribution in [2.45, 2.75) is 38.6 Å². The van der Waals surface area contributed by atoms with Gasteiger partial charge in [-0.3, -0.25) is 0 Å². The molecule has 0 atom stereocenters. The SMILES string of the molecule is COc1ccc(Cc2nccc(N3CCc4ncncc4C3)n2)cc1OCCCN1CCCC1. The van der Waals surface area contributed by atoms with Crippen LogP contribution in [0.2, 0.25) is 0 Å². The van der Waals surface area contributed by atoms with Gasteiger partial charge in [-0.25, -0.2) is 19.9 Å². The first-order chi connectivity index (χ1) is 16.8. The summed E-state index contributed by atoms with van der Waals surface area (Å²) in [5.74, 6) is 3.27. The lowest BCUT2D eigenvalue weighted by Gasteiger charge is -2.28. The Bertz CT molecular complexity index is 1100. The number of hydrogen-bond acceptors (Lipinski definition) is 8. The lowest BCUT2D eigenvalue weighted by molar-refractivity contribution is 0.254. The van der Waals surface area contributed by atoms with Crippen LogP contribution >= 0.6 is 0 Å². The van der Waals surface area contributed by atoms with Gasteiger partial charge in [-0.1, -0.05) is 6.07 Å². The fourth-order valence-corrected chi connectivity index (χ4v) is 4.71. The van der Waals surface area contributed by atoms with E-state index in [1.165, 1.54) is 25.9 Å². The molecule has 34 heavy (non-hydrogen) atoms. The zero-order chi connectivity index (χ0) is 23.2. The quantitative estimate of drug-likeness (QED) is 0.450. The highest BCUT2D eigenvalue weighted by Gasteiger charge is 2.19. The van der Waals surface area contributed by atoms with Gasteiger partial charge in [0.2, 0.25) is 0 Å². The van der Waals surface area contributed by atoms with Gasteiger partial charge in [-0.2, -0.15) is 0 Å². The van der Waals surface area contributed by atoms with Gasteiger partial charge in [-0.15, -0.1) is 0 Å². The average Bonchev–Trinajstić information content (AvgIpc) is 3.40. The van der Waals surface area contributed by atoms with Gasteiger partial charge in [0, 0.05) is 50.4 Å². The number of fused-ring (bicyclic) bond motifs is 1. The Kier molecular flexibility index (Phi) is 7.14. The lowest BCUT2D eigenvalue weighted by atomic mass is 10.1. The molecule has 1 fully saturated rings. The minimum absolute atomic E-state index is 0.634. The second-order valence-corrected chi connectivity index (χ2v) is 8.91. The summed E-state index contributed by atoms with van der Waals surface area (Å²) in [6.07, 6.45) is 10.6. The maximum atomic E-state index is 6.11. The molecule has 0 bridgehead atoms. The molecule has 1 saturated heterocycles. The van der Waals surface area contributed by atoms with E-state index in [1.54, 1.807) is 13.4 Å². The van der Waals surface area contributed by atoms with Crippen LogP contribution in [0.25, 0.3) is 0 Å². The smallest absolute Gasteiger partial charge is 0.161 e. The molecule has 2 aliphatic rings. The van der Waals surface area contributed by atoms with E-state index in [-0.39, 0.29) is 0 Å². The number of hydrogen-bond donors (Lipinski definition) is 0. The fraction of sp³-hybridized carbons (Fsp3) is 0.462. The van der Waals surface area contributed by atoms with E-state index in [4.69, 9.17) is 14.5 Å². The first-order valence-electron chi connectivity index (χ1n) is 12.2. The number of nitrogens with zero attached hydrogens (tertiary/aromatic N) is 6. The van der Waals surface area contributed by atoms with E-state index in [2.05, 4.69) is 36.9 Å². The molecular formula is C26H32N6O2. The van der Waals surface area contributed by atoms with Crippen molar-refractivity contribution < 1.29 is 9.47 Å². The molecule has 0 amide bonds. The Morgan fingerprint density at radius 3 is 2.82 bits per heavy atom. The molecule has 0 unspecified atom stereocenters. The van der Waals surface area contributed by atoms with Crippen molar-refractivity contribution in [2.75, 3.05) is 44.8 Å². The molecule has 0 spiro atoms. The predicted molar refractivity (Wildman–Crippen MR) is 130 cm³/mol. The van der Waals surface area contributed by atoms with E-state index in [0.717, 1.165) is 72.4 Å². The zero-order valence-corrected chi connectivity index (χ0v) is 19.8. The maximum absolute atomic E-state index is 6.11. The van der Waals surface area contributed by atoms with Crippen LogP contribution in [0.5, 0.6) is 11.5 Å². The molecule has 3 aromatic rings. The highest BCUT2D eigenvalue weighted by molar-refractivity contribution is 5.45. The molecule has 8 heteroatoms. The molecule has 178 valence electrons. The van der Waals surface area contributed by atoms with Gasteiger partial charge in [0.1, 0.15) is 18.0 Å². The molecule has 2 aromatic heterocycles. The minimum atomic E-state index is 0.634. The van der Waals surface area contributed by atoms with Crippen molar-refractivity contribution in [2.24, 2.45) is 0 Å². The third kappa shape index (κ3) is 5.44. The van der Waals surface area contributed by atoms with Gasteiger partial charge in [0.15, 0.2) is 11.5 Å². The maximum Gasteiger partial charge on any atom is 0.161 e. The minimum Gasteiger partial charge on any atom is -0.493 e. The molecule has 0 radical (unpaired) electrons. The molecule has 0 N–H and O–H groups in total. The lowest BCUT2D eigenvalue weighted by Crippen LogP contribution is -2.32. The Hall–Kier alpha value is -3.26. The Morgan fingerprint density at radius 1 is 1.03 bits per heavy atom. The summed E-state index contributed by atoms with van der Waals surface area (Å²) in [5, 5.41) is 0. The number of ether oxygens (including phenoxy) is 2. The standard InChI is InChI=1S/C26H32N6O2/c1-33-23-6-5-20(15-24(23)34-14-4-12-31-10-2-3-11-31)16-25-28-9-7-26(30-25)32-13-8-22-21(18-32)17-27-19-29-22/h5-7,9,15,17,19H,2-4,8,10-14,16,18H2,1H3. The van der Waals surface area contributed by atoms with Gasteiger partial charge in [0.05, 0.1) is 19.4 Å². The van der Waals surface area contributed by atoms with Crippen molar-refractivity contribution in [1.29, 1.82) is 0 Å². The van der Waals surface area contributed by atoms with Crippen molar-refractivity contribution in [3.05, 3.63) is 65.6 Å². The zero-order valence-electron chi connectivity index (χ0n) is 19.8. The molecule has 0 aliphatic carbocycles. The summed E-state index contributed by atoms with van der Waals surface area (Å²) in [7, 11) is 1.68. The Morgan fingerprint density at radius 2 is 1.94 bits per heavy atom. The molecule has 1 aromatic carbocycles. The van der Waals surface area contributed by atoms with E-state index in [1.807, 2.05) is 24.5 Å². The van der Waals surface area contributed by atoms with E-state index in [0.29, 0.717) is 13.0 Å². The largest absolute Gasteiger partial charge is 0.493 e. The van der Waals surface area contributed by atoms with Gasteiger partial charge >= 0.3 is 0 Å². The number of methoxy groups -OCH3 is 1. The number of aromatic nitrogens is 4. The topological polar surface area (TPSA) is 76.5 Å². The summed E-state index contributed by atoms with van der Waals surface area (Å²) < 4.78 is 11.6. The summed E-state index contributed by atoms with van der Waals surface area (Å²) in [6, 6.07) is 8.05. The van der Waals surface area contributed by atoms with E-state index >= 15 is 0 Å². The molecule has 2 aliphatic heterocycles. The van der Waals surface area contributed by atoms with Gasteiger partial charge in [-0.05, 0) is 56.1 Å². The highest BCUT2D eigenvalue weighted by Crippen LogP contribution is 2.29. The second-order valence-electron chi connectivity index (χ2n) is 8.91. The Labute approximate surface area is 201 Å². The second kappa shape index (κ2) is 10.8. The molecule has 0 saturated carbocycles. The average molecular weight is 461 g/mol. The third-order valence-electron chi connectivity index (χ3n) is 6.54. The van der Waals surface area contributed by atoms with Gasteiger partial charge in [0.25, 0.3) is 0 Å². The van der Waals surface area contributed by atoms with Crippen LogP contribution in [-0.4, -0.2) is 64.7 Å². The van der Waals surface area contributed by atoms with Crippen LogP contribution in [0.15, 0.2) is 43.0 Å². The third-order valence-corrected chi connectivity index (χ3v) is 6.54. The van der Waals surface area contributed by atoms with E-state index < -0.39 is 0 Å². The van der Waals surface area contributed by atoms with Crippen LogP contribution in [-0.2, 0) is 19.4 Å². The van der Waals surface area contributed by atoms with Crippen molar-refractivity contribution in [1.82, 2.24) is 24.8 Å². The van der Waals surface area contributed by atoms with Crippen molar-refractivity contribution in [3.63, 3.8) is 0 Å². The van der Waals surface area contributed by atoms with Crippen molar-refractivity contribution >= 4 is 5.82 Å². The first-order valence-corrected chi connectivity index (χ1v) is 12.2. The Balaban J connectivity index is 1.23. The van der Waals surface area contributed by atoms with Crippen molar-refractivity contribution in [3.8, 4) is 11.5 Å². The monoisotopic (exact) mass is 460 g/mol. The number of benzene rings is 1. The number of rotatable bonds is 9. The number of likely N-dealkylation sites (tertiary alicyclic amines) is 1. The highest BCUT2D eigenvalue weighted by atomic mass is 16.5. The normalized spacial score (nSPS) is 15.9. The summed E-state index contributed by atoms with van der Waals surface area (Å²) in [5.41, 5.74) is 3.40. The number of anilines is 1. The molecule has 8 nitrogen and oxygen atoms in total. The predicted octanol–water partition coefficient (Wildman–Crippen LogP) is 3.29. The summed E-state index contributed by atoms with van der Waals surface area (Å²) in [6.45, 7) is 5.87. The molecular weight excluding hydrogens is 428 g/mol. The summed E-state index contributed by atoms with van der Waals surface area (Å²) in [4.78, 5) is 22.7. The van der Waals surface area contributed by atoms with Crippen LogP contribution in [0, 0.1) is 0 Å². The van der Waals surface area contributed by atoms with Crippen LogP contribution in [0.4, 0.5) is 5.82 Å². The van der Waals surface area contributed by atoms with E-state index in [9.17, 15) is 0 Å².